The summed E-state index contributed by atoms with van der Waals surface area (Å²) < 4.78 is 27.4. The van der Waals surface area contributed by atoms with E-state index in [0.717, 1.165) is 21.2 Å². The van der Waals surface area contributed by atoms with Crippen LogP contribution in [0.5, 0.6) is 0 Å². The van der Waals surface area contributed by atoms with Crippen LogP contribution in [0.3, 0.4) is 0 Å². The minimum absolute atomic E-state index is 0.0896. The summed E-state index contributed by atoms with van der Waals surface area (Å²) in [5.41, 5.74) is 3.43. The minimum Gasteiger partial charge on any atom is -0.352 e. The summed E-state index contributed by atoms with van der Waals surface area (Å²) in [6.07, 6.45) is 1.93. The van der Waals surface area contributed by atoms with Gasteiger partial charge in [0.05, 0.1) is 11.9 Å². The number of anilines is 1. The Morgan fingerprint density at radius 1 is 0.900 bits per heavy atom. The van der Waals surface area contributed by atoms with Crippen LogP contribution < -0.4 is 9.62 Å². The molecule has 0 aromatic heterocycles. The first-order valence-electron chi connectivity index (χ1n) is 13.4. The van der Waals surface area contributed by atoms with Crippen LogP contribution in [0.2, 0.25) is 0 Å². The molecule has 0 unspecified atom stereocenters. The van der Waals surface area contributed by atoms with Gasteiger partial charge in [0.15, 0.2) is 0 Å². The summed E-state index contributed by atoms with van der Waals surface area (Å²) in [5, 5.41) is 2.99. The van der Waals surface area contributed by atoms with E-state index >= 15 is 0 Å². The lowest BCUT2D eigenvalue weighted by Crippen LogP contribution is -2.51. The monoisotopic (exact) mass is 627 g/mol. The second-order valence-corrected chi connectivity index (χ2v) is 13.1. The third kappa shape index (κ3) is 9.48. The van der Waals surface area contributed by atoms with E-state index in [1.807, 2.05) is 87.5 Å². The second-order valence-electron chi connectivity index (χ2n) is 10.3. The second kappa shape index (κ2) is 14.5. The van der Waals surface area contributed by atoms with Crippen molar-refractivity contribution in [2.75, 3.05) is 17.1 Å². The lowest BCUT2D eigenvalue weighted by atomic mass is 10.0. The molecule has 9 heteroatoms. The highest BCUT2D eigenvalue weighted by Crippen LogP contribution is 2.21. The van der Waals surface area contributed by atoms with Gasteiger partial charge in [-0.1, -0.05) is 76.1 Å². The molecule has 0 radical (unpaired) electrons. The van der Waals surface area contributed by atoms with Gasteiger partial charge in [0.1, 0.15) is 6.04 Å². The Hall–Kier alpha value is -3.17. The van der Waals surface area contributed by atoms with Gasteiger partial charge in [-0.2, -0.15) is 0 Å². The largest absolute Gasteiger partial charge is 0.352 e. The van der Waals surface area contributed by atoms with Crippen molar-refractivity contribution in [3.63, 3.8) is 0 Å². The molecule has 0 aliphatic rings. The van der Waals surface area contributed by atoms with E-state index in [1.165, 1.54) is 10.6 Å². The van der Waals surface area contributed by atoms with E-state index < -0.39 is 16.1 Å². The van der Waals surface area contributed by atoms with Crippen LogP contribution in [0, 0.1) is 6.92 Å². The van der Waals surface area contributed by atoms with Gasteiger partial charge in [0, 0.05) is 36.4 Å². The van der Waals surface area contributed by atoms with E-state index in [4.69, 9.17) is 0 Å². The average Bonchev–Trinajstić information content (AvgIpc) is 2.90. The Balaban J connectivity index is 1.87. The number of sulfonamides is 1. The van der Waals surface area contributed by atoms with Crippen LogP contribution >= 0.6 is 15.9 Å². The average molecular weight is 629 g/mol. The lowest BCUT2D eigenvalue weighted by Gasteiger charge is -2.32. The molecule has 0 saturated heterocycles. The first kappa shape index (κ1) is 31.4. The summed E-state index contributed by atoms with van der Waals surface area (Å²) in [5.74, 6) is -0.429. The van der Waals surface area contributed by atoms with Crippen molar-refractivity contribution in [1.29, 1.82) is 0 Å². The highest BCUT2D eigenvalue weighted by Gasteiger charge is 2.31. The van der Waals surface area contributed by atoms with Crippen molar-refractivity contribution < 1.29 is 18.0 Å². The van der Waals surface area contributed by atoms with Gasteiger partial charge in [-0.25, -0.2) is 8.42 Å². The molecule has 2 amide bonds. The van der Waals surface area contributed by atoms with Crippen molar-refractivity contribution in [3.8, 4) is 0 Å². The fourth-order valence-corrected chi connectivity index (χ4v) is 5.67. The maximum atomic E-state index is 13.8. The number of amides is 2. The number of hydrogen-bond acceptors (Lipinski definition) is 4. The van der Waals surface area contributed by atoms with E-state index in [2.05, 4.69) is 21.2 Å². The molecule has 1 atom stereocenters. The van der Waals surface area contributed by atoms with E-state index in [-0.39, 0.29) is 37.4 Å². The molecule has 0 saturated carbocycles. The minimum atomic E-state index is -3.55. The SMILES string of the molecule is Cc1ccc(N(CCCC(=O)N(Cc2ccc(Br)cc2)[C@@H](Cc2ccccc2)C(=O)NC(C)C)S(C)(=O)=O)cc1. The van der Waals surface area contributed by atoms with Gasteiger partial charge >= 0.3 is 0 Å². The van der Waals surface area contributed by atoms with Crippen LogP contribution in [-0.2, 0) is 32.6 Å². The van der Waals surface area contributed by atoms with E-state index in [1.54, 1.807) is 17.0 Å². The number of rotatable bonds is 13. The number of halogens is 1. The smallest absolute Gasteiger partial charge is 0.243 e. The molecule has 3 aromatic carbocycles. The van der Waals surface area contributed by atoms with Crippen LogP contribution in [0.15, 0.2) is 83.3 Å². The molecule has 0 heterocycles. The number of benzene rings is 3. The third-order valence-electron chi connectivity index (χ3n) is 6.44. The molecule has 3 aromatic rings. The van der Waals surface area contributed by atoms with Crippen LogP contribution in [0.1, 0.15) is 43.4 Å². The number of hydrogen-bond donors (Lipinski definition) is 1. The zero-order valence-electron chi connectivity index (χ0n) is 23.5. The molecule has 3 rings (SSSR count). The Kier molecular flexibility index (Phi) is 11.3. The molecule has 0 aliphatic heterocycles. The van der Waals surface area contributed by atoms with Crippen molar-refractivity contribution in [3.05, 3.63) is 100 Å². The van der Waals surface area contributed by atoms with Crippen molar-refractivity contribution in [2.24, 2.45) is 0 Å². The Morgan fingerprint density at radius 2 is 1.52 bits per heavy atom. The molecule has 0 bridgehead atoms. The molecule has 7 nitrogen and oxygen atoms in total. The van der Waals surface area contributed by atoms with Gasteiger partial charge in [0.25, 0.3) is 0 Å². The molecule has 0 spiro atoms. The third-order valence-corrected chi connectivity index (χ3v) is 8.17. The van der Waals surface area contributed by atoms with Gasteiger partial charge < -0.3 is 10.2 Å². The molecular weight excluding hydrogens is 590 g/mol. The van der Waals surface area contributed by atoms with Crippen molar-refractivity contribution >= 4 is 43.5 Å². The van der Waals surface area contributed by atoms with Crippen LogP contribution in [0.25, 0.3) is 0 Å². The lowest BCUT2D eigenvalue weighted by molar-refractivity contribution is -0.141. The fraction of sp³-hybridized carbons (Fsp3) is 0.355. The summed E-state index contributed by atoms with van der Waals surface area (Å²) in [6.45, 7) is 6.13. The predicted octanol–water partition coefficient (Wildman–Crippen LogP) is 5.47. The molecular formula is C31H38BrN3O4S. The van der Waals surface area contributed by atoms with Crippen LogP contribution in [-0.4, -0.2) is 50.0 Å². The first-order valence-corrected chi connectivity index (χ1v) is 16.0. The maximum Gasteiger partial charge on any atom is 0.243 e. The zero-order chi connectivity index (χ0) is 29.3. The summed E-state index contributed by atoms with van der Waals surface area (Å²) in [6, 6.07) is 23.7. The molecule has 214 valence electrons. The molecule has 0 aliphatic carbocycles. The van der Waals surface area contributed by atoms with Crippen molar-refractivity contribution in [2.45, 2.75) is 58.7 Å². The molecule has 1 N–H and O–H groups in total. The van der Waals surface area contributed by atoms with Gasteiger partial charge in [0.2, 0.25) is 21.8 Å². The Morgan fingerprint density at radius 3 is 2.10 bits per heavy atom. The zero-order valence-corrected chi connectivity index (χ0v) is 25.9. The van der Waals surface area contributed by atoms with E-state index in [9.17, 15) is 18.0 Å². The summed E-state index contributed by atoms with van der Waals surface area (Å²) in [7, 11) is -3.55. The van der Waals surface area contributed by atoms with Crippen LogP contribution in [0.4, 0.5) is 5.69 Å². The summed E-state index contributed by atoms with van der Waals surface area (Å²) >= 11 is 3.45. The van der Waals surface area contributed by atoms with Crippen molar-refractivity contribution in [1.82, 2.24) is 10.2 Å². The van der Waals surface area contributed by atoms with Gasteiger partial charge in [-0.05, 0) is 62.6 Å². The summed E-state index contributed by atoms with van der Waals surface area (Å²) in [4.78, 5) is 28.9. The maximum absolute atomic E-state index is 13.8. The predicted molar refractivity (Wildman–Crippen MR) is 165 cm³/mol. The quantitative estimate of drug-likeness (QED) is 0.272. The number of nitrogens with zero attached hydrogens (tertiary/aromatic N) is 2. The Labute approximate surface area is 246 Å². The highest BCUT2D eigenvalue weighted by molar-refractivity contribution is 9.10. The standard InChI is InChI=1S/C31H38BrN3O4S/c1-23(2)33-31(37)29(21-25-9-6-5-7-10-25)34(22-26-14-16-27(32)17-15-26)30(36)11-8-20-35(40(4,38)39)28-18-12-24(3)13-19-28/h5-7,9-10,12-19,23,29H,8,11,20-22H2,1-4H3,(H,33,37)/t29-/m0/s1. The number of carbonyl (C=O) groups is 2. The van der Waals surface area contributed by atoms with Gasteiger partial charge in [-0.3, -0.25) is 13.9 Å². The van der Waals surface area contributed by atoms with E-state index in [0.29, 0.717) is 18.5 Å². The number of nitrogens with one attached hydrogen (secondary N) is 1. The van der Waals surface area contributed by atoms with Gasteiger partial charge in [-0.15, -0.1) is 0 Å². The number of carbonyl (C=O) groups excluding carboxylic acids is 2. The molecule has 0 fully saturated rings. The first-order chi connectivity index (χ1) is 18.9. The Bertz CT molecular complexity index is 1360. The fourth-order valence-electron chi connectivity index (χ4n) is 4.44. The topological polar surface area (TPSA) is 86.8 Å². The molecule has 40 heavy (non-hydrogen) atoms. The highest BCUT2D eigenvalue weighted by atomic mass is 79.9. The number of aryl methyl sites for hydroxylation is 1. The normalized spacial score (nSPS) is 12.2.